The van der Waals surface area contributed by atoms with Crippen LogP contribution in [0.2, 0.25) is 15.1 Å². The van der Waals surface area contributed by atoms with E-state index in [1.807, 2.05) is 6.07 Å². The highest BCUT2D eigenvalue weighted by Gasteiger charge is 2.41. The molecule has 0 radical (unpaired) electrons. The van der Waals surface area contributed by atoms with Gasteiger partial charge in [-0.15, -0.1) is 0 Å². The fraction of sp³-hybridized carbons (Fsp3) is 0.364. The number of hydrogen-bond acceptors (Lipinski definition) is 6. The number of carbonyl (C=O) groups excluding carboxylic acids is 1. The fourth-order valence-electron chi connectivity index (χ4n) is 4.24. The molecule has 0 unspecified atom stereocenters. The van der Waals surface area contributed by atoms with Gasteiger partial charge in [0.1, 0.15) is 11.9 Å². The number of carbonyl (C=O) groups is 2. The van der Waals surface area contributed by atoms with Crippen molar-refractivity contribution >= 4 is 52.6 Å². The molecule has 0 aromatic heterocycles. The number of hydrogen-bond donors (Lipinski definition) is 3. The van der Waals surface area contributed by atoms with Crippen molar-refractivity contribution in [3.05, 3.63) is 56.5 Å². The van der Waals surface area contributed by atoms with E-state index in [2.05, 4.69) is 15.0 Å². The van der Waals surface area contributed by atoms with Crippen molar-refractivity contribution in [3.8, 4) is 5.75 Å². The molecule has 3 atom stereocenters. The maximum absolute atomic E-state index is 11.7. The third-order valence-electron chi connectivity index (χ3n) is 5.69. The minimum absolute atomic E-state index is 0.0621. The minimum Gasteiger partial charge on any atom is -0.482 e. The van der Waals surface area contributed by atoms with E-state index in [1.165, 1.54) is 6.07 Å². The van der Waals surface area contributed by atoms with Gasteiger partial charge in [0.2, 0.25) is 0 Å². The summed E-state index contributed by atoms with van der Waals surface area (Å²) in [4.78, 5) is 24.4. The standard InChI is InChI=1S/C22H21Cl3N2O6/c23-11-5-15-14(16(24)6-11)8-18(27-4-3-13(28)9-27)21(15)33-19-2-1-12(7-17(19)25)26-22(31)32-10-20(29)30/h1-2,5-7,13,18,21,28H,3-4,8-10H2,(H,26,31)(H,29,30)/t13-,18-,21+/m1/s1. The largest absolute Gasteiger partial charge is 0.482 e. The number of benzene rings is 2. The number of nitrogens with one attached hydrogen (secondary N) is 1. The predicted molar refractivity (Wildman–Crippen MR) is 124 cm³/mol. The first-order valence-corrected chi connectivity index (χ1v) is 11.4. The number of ether oxygens (including phenoxy) is 2. The van der Waals surface area contributed by atoms with Crippen LogP contribution >= 0.6 is 34.8 Å². The number of aliphatic hydroxyl groups is 1. The summed E-state index contributed by atoms with van der Waals surface area (Å²) in [6.07, 6.45) is -0.381. The molecule has 1 fully saturated rings. The van der Waals surface area contributed by atoms with E-state index in [1.54, 1.807) is 18.2 Å². The summed E-state index contributed by atoms with van der Waals surface area (Å²) in [5, 5.41) is 22.3. The summed E-state index contributed by atoms with van der Waals surface area (Å²) in [6.45, 7) is 0.526. The molecule has 3 N–H and O–H groups in total. The van der Waals surface area contributed by atoms with Crippen molar-refractivity contribution in [3.63, 3.8) is 0 Å². The molecule has 4 rings (SSSR count). The van der Waals surface area contributed by atoms with Gasteiger partial charge in [-0.25, -0.2) is 9.59 Å². The van der Waals surface area contributed by atoms with Gasteiger partial charge in [0.05, 0.1) is 17.2 Å². The number of rotatable bonds is 6. The van der Waals surface area contributed by atoms with Crippen LogP contribution in [0.4, 0.5) is 10.5 Å². The second-order valence-corrected chi connectivity index (χ2v) is 9.19. The zero-order chi connectivity index (χ0) is 23.7. The average Bonchev–Trinajstić information content (AvgIpc) is 3.32. The van der Waals surface area contributed by atoms with E-state index in [4.69, 9.17) is 44.6 Å². The Kier molecular flexibility index (Phi) is 7.21. The second kappa shape index (κ2) is 9.95. The summed E-state index contributed by atoms with van der Waals surface area (Å²) >= 11 is 19.2. The number of amides is 1. The van der Waals surface area contributed by atoms with E-state index in [9.17, 15) is 14.7 Å². The van der Waals surface area contributed by atoms with Crippen molar-refractivity contribution in [2.45, 2.75) is 31.1 Å². The van der Waals surface area contributed by atoms with Gasteiger partial charge in [0, 0.05) is 34.4 Å². The van der Waals surface area contributed by atoms with Crippen molar-refractivity contribution < 1.29 is 29.3 Å². The number of nitrogens with zero attached hydrogens (tertiary/aromatic N) is 1. The Hall–Kier alpha value is -2.23. The molecule has 176 valence electrons. The fourth-order valence-corrected chi connectivity index (χ4v) is 5.05. The summed E-state index contributed by atoms with van der Waals surface area (Å²) in [5.41, 5.74) is 2.14. The lowest BCUT2D eigenvalue weighted by atomic mass is 10.1. The van der Waals surface area contributed by atoms with Crippen LogP contribution in [0, 0.1) is 0 Å². The molecule has 1 saturated heterocycles. The molecule has 0 bridgehead atoms. The third-order valence-corrected chi connectivity index (χ3v) is 6.54. The van der Waals surface area contributed by atoms with Crippen LogP contribution in [0.3, 0.4) is 0 Å². The average molecular weight is 516 g/mol. The zero-order valence-corrected chi connectivity index (χ0v) is 19.5. The highest BCUT2D eigenvalue weighted by Crippen LogP contribution is 2.44. The lowest BCUT2D eigenvalue weighted by Crippen LogP contribution is -2.39. The Morgan fingerprint density at radius 1 is 1.15 bits per heavy atom. The van der Waals surface area contributed by atoms with Crippen molar-refractivity contribution in [2.24, 2.45) is 0 Å². The zero-order valence-electron chi connectivity index (χ0n) is 17.3. The second-order valence-electron chi connectivity index (χ2n) is 7.94. The number of halogens is 3. The third kappa shape index (κ3) is 5.47. The predicted octanol–water partition coefficient (Wildman–Crippen LogP) is 4.39. The van der Waals surface area contributed by atoms with Gasteiger partial charge < -0.3 is 19.7 Å². The number of likely N-dealkylation sites (tertiary alicyclic amines) is 1. The van der Waals surface area contributed by atoms with E-state index in [0.717, 1.165) is 17.7 Å². The topological polar surface area (TPSA) is 108 Å². The lowest BCUT2D eigenvalue weighted by Gasteiger charge is -2.30. The first kappa shape index (κ1) is 23.9. The molecule has 11 heteroatoms. The minimum atomic E-state index is -1.26. The van der Waals surface area contributed by atoms with Crippen molar-refractivity contribution in [1.29, 1.82) is 0 Å². The molecule has 2 aliphatic rings. The Labute approximate surface area is 204 Å². The Balaban J connectivity index is 1.55. The van der Waals surface area contributed by atoms with E-state index in [-0.39, 0.29) is 17.2 Å². The summed E-state index contributed by atoms with van der Waals surface area (Å²) in [6, 6.07) is 8.13. The number of β-amino-alcohol motifs (C(OH)–C–C–N with tert-alkyl or cyclic N) is 1. The SMILES string of the molecule is O=C(O)COC(=O)Nc1ccc(O[C@H]2c3cc(Cl)cc(Cl)c3C[C@H]2N2CC[C@@H](O)C2)c(Cl)c1. The number of carboxylic acids is 1. The van der Waals surface area contributed by atoms with Gasteiger partial charge in [-0.3, -0.25) is 10.2 Å². The van der Waals surface area contributed by atoms with Gasteiger partial charge in [-0.05, 0) is 48.7 Å². The first-order chi connectivity index (χ1) is 15.7. The molecule has 0 spiro atoms. The highest BCUT2D eigenvalue weighted by atomic mass is 35.5. The van der Waals surface area contributed by atoms with Gasteiger partial charge >= 0.3 is 12.1 Å². The summed E-state index contributed by atoms with van der Waals surface area (Å²) in [5.74, 6) is -0.871. The Morgan fingerprint density at radius 2 is 1.94 bits per heavy atom. The van der Waals surface area contributed by atoms with Gasteiger partial charge in [-0.1, -0.05) is 34.8 Å². The monoisotopic (exact) mass is 514 g/mol. The highest BCUT2D eigenvalue weighted by molar-refractivity contribution is 6.35. The van der Waals surface area contributed by atoms with E-state index in [0.29, 0.717) is 40.9 Å². The molecule has 1 heterocycles. The van der Waals surface area contributed by atoms with Gasteiger partial charge in [0.15, 0.2) is 6.61 Å². The Bertz CT molecular complexity index is 1080. The van der Waals surface area contributed by atoms with Crippen LogP contribution in [0.25, 0.3) is 0 Å². The molecule has 0 saturated carbocycles. The quantitative estimate of drug-likeness (QED) is 0.523. The Morgan fingerprint density at radius 3 is 2.61 bits per heavy atom. The molecule has 1 amide bonds. The molecular weight excluding hydrogens is 495 g/mol. The van der Waals surface area contributed by atoms with Gasteiger partial charge in [0.25, 0.3) is 0 Å². The molecule has 8 nitrogen and oxygen atoms in total. The van der Waals surface area contributed by atoms with Crippen LogP contribution < -0.4 is 10.1 Å². The molecule has 1 aliphatic heterocycles. The maximum Gasteiger partial charge on any atom is 0.412 e. The van der Waals surface area contributed by atoms with E-state index >= 15 is 0 Å². The van der Waals surface area contributed by atoms with Crippen LogP contribution in [0.15, 0.2) is 30.3 Å². The molecule has 2 aromatic rings. The summed E-state index contributed by atoms with van der Waals surface area (Å²) < 4.78 is 10.9. The van der Waals surface area contributed by atoms with Crippen LogP contribution in [-0.2, 0) is 16.0 Å². The molecule has 1 aliphatic carbocycles. The van der Waals surface area contributed by atoms with Crippen LogP contribution in [-0.4, -0.2) is 59.0 Å². The van der Waals surface area contributed by atoms with Crippen molar-refractivity contribution in [2.75, 3.05) is 25.0 Å². The molecular formula is C22H21Cl3N2O6. The number of fused-ring (bicyclic) bond motifs is 1. The number of carboxylic acid groups (broad SMARTS) is 1. The smallest absolute Gasteiger partial charge is 0.412 e. The number of anilines is 1. The molecule has 33 heavy (non-hydrogen) atoms. The van der Waals surface area contributed by atoms with Crippen LogP contribution in [0.1, 0.15) is 23.7 Å². The number of aliphatic carboxylic acids is 1. The number of aliphatic hydroxyl groups excluding tert-OH is 1. The maximum atomic E-state index is 11.7. The normalized spacial score (nSPS) is 22.1. The molecule has 2 aromatic carbocycles. The van der Waals surface area contributed by atoms with E-state index < -0.39 is 24.8 Å². The van der Waals surface area contributed by atoms with Crippen molar-refractivity contribution in [1.82, 2.24) is 4.90 Å². The van der Waals surface area contributed by atoms with Gasteiger partial charge in [-0.2, -0.15) is 0 Å². The summed E-state index contributed by atoms with van der Waals surface area (Å²) in [7, 11) is 0. The van der Waals surface area contributed by atoms with Crippen LogP contribution in [0.5, 0.6) is 5.75 Å². The first-order valence-electron chi connectivity index (χ1n) is 10.2. The lowest BCUT2D eigenvalue weighted by molar-refractivity contribution is -0.140.